The third kappa shape index (κ3) is 1.73. The molecule has 0 amide bonds. The Balaban J connectivity index is 2.31. The van der Waals surface area contributed by atoms with Gasteiger partial charge in [0.15, 0.2) is 0 Å². The molecule has 0 aromatic rings. The molecule has 1 fully saturated rings. The maximum atomic E-state index is 5.59. The van der Waals surface area contributed by atoms with E-state index in [1.807, 2.05) is 0 Å². The molecule has 0 spiro atoms. The predicted octanol–water partition coefficient (Wildman–Crippen LogP) is 0.0170. The first kappa shape index (κ1) is 8.09. The second-order valence-corrected chi connectivity index (χ2v) is 3.15. The van der Waals surface area contributed by atoms with Gasteiger partial charge in [-0.3, -0.25) is 0 Å². The van der Waals surface area contributed by atoms with Crippen molar-refractivity contribution in [3.63, 3.8) is 0 Å². The van der Waals surface area contributed by atoms with Crippen molar-refractivity contribution in [1.82, 2.24) is 0 Å². The molecule has 0 bridgehead atoms. The molecular formula is C7H15BO2. The van der Waals surface area contributed by atoms with Crippen LogP contribution in [0.1, 0.15) is 13.3 Å². The lowest BCUT2D eigenvalue weighted by atomic mass is 9.92. The van der Waals surface area contributed by atoms with Crippen molar-refractivity contribution in [2.24, 2.45) is 5.92 Å². The summed E-state index contributed by atoms with van der Waals surface area (Å²) < 4.78 is 10.6. The number of hydrogen-bond donors (Lipinski definition) is 0. The summed E-state index contributed by atoms with van der Waals surface area (Å²) in [6.45, 7) is 2.96. The summed E-state index contributed by atoms with van der Waals surface area (Å²) in [6.07, 6.45) is 1.51. The van der Waals surface area contributed by atoms with Gasteiger partial charge in [0.25, 0.3) is 0 Å². The van der Waals surface area contributed by atoms with Crippen molar-refractivity contribution in [2.75, 3.05) is 13.7 Å². The van der Waals surface area contributed by atoms with Crippen LogP contribution in [0.3, 0.4) is 0 Å². The molecule has 3 atom stereocenters. The Morgan fingerprint density at radius 2 is 2.40 bits per heavy atom. The molecule has 1 saturated heterocycles. The Kier molecular flexibility index (Phi) is 2.75. The van der Waals surface area contributed by atoms with Crippen LogP contribution in [-0.4, -0.2) is 33.7 Å². The van der Waals surface area contributed by atoms with Gasteiger partial charge in [-0.05, 0) is 12.3 Å². The van der Waals surface area contributed by atoms with Crippen molar-refractivity contribution in [1.29, 1.82) is 0 Å². The maximum absolute atomic E-state index is 5.59. The van der Waals surface area contributed by atoms with E-state index in [0.29, 0.717) is 18.0 Å². The van der Waals surface area contributed by atoms with Gasteiger partial charge in [-0.15, -0.1) is 0 Å². The Morgan fingerprint density at radius 1 is 1.70 bits per heavy atom. The maximum Gasteiger partial charge on any atom is 0.139 e. The Bertz CT molecular complexity index is 108. The van der Waals surface area contributed by atoms with E-state index >= 15 is 0 Å². The van der Waals surface area contributed by atoms with Crippen LogP contribution in [0.5, 0.6) is 0 Å². The summed E-state index contributed by atoms with van der Waals surface area (Å²) in [5.74, 6) is 0.662. The third-order valence-corrected chi connectivity index (χ3v) is 2.08. The standard InChI is InChI=1S/C7H15BO2/c1-5-3-7(8)10-6(5)4-9-2/h5-7H,3-4,8H2,1-2H3/t5?,6-,7-/m1/s1. The molecule has 10 heavy (non-hydrogen) atoms. The van der Waals surface area contributed by atoms with E-state index in [-0.39, 0.29) is 0 Å². The Morgan fingerprint density at radius 3 is 2.80 bits per heavy atom. The van der Waals surface area contributed by atoms with Gasteiger partial charge in [0.1, 0.15) is 7.85 Å². The Labute approximate surface area is 63.3 Å². The van der Waals surface area contributed by atoms with Gasteiger partial charge < -0.3 is 9.47 Å². The SMILES string of the molecule is B[C@H]1CC(C)[C@@H](COC)O1. The lowest BCUT2D eigenvalue weighted by molar-refractivity contribution is 0.0121. The molecule has 0 saturated carbocycles. The van der Waals surface area contributed by atoms with E-state index in [9.17, 15) is 0 Å². The second kappa shape index (κ2) is 3.40. The first-order valence-electron chi connectivity index (χ1n) is 3.88. The van der Waals surface area contributed by atoms with E-state index < -0.39 is 0 Å². The Hall–Kier alpha value is -0.0151. The molecule has 1 heterocycles. The van der Waals surface area contributed by atoms with Crippen LogP contribution in [0.25, 0.3) is 0 Å². The highest BCUT2D eigenvalue weighted by Gasteiger charge is 2.28. The van der Waals surface area contributed by atoms with E-state index in [1.54, 1.807) is 7.11 Å². The second-order valence-electron chi connectivity index (χ2n) is 3.15. The lowest BCUT2D eigenvalue weighted by Gasteiger charge is -2.12. The van der Waals surface area contributed by atoms with E-state index in [1.165, 1.54) is 6.42 Å². The topological polar surface area (TPSA) is 18.5 Å². The zero-order valence-corrected chi connectivity index (χ0v) is 6.96. The predicted molar refractivity (Wildman–Crippen MR) is 42.9 cm³/mol. The van der Waals surface area contributed by atoms with Crippen LogP contribution in [0.4, 0.5) is 0 Å². The molecule has 0 aromatic carbocycles. The fourth-order valence-electron chi connectivity index (χ4n) is 1.53. The van der Waals surface area contributed by atoms with Crippen LogP contribution in [0.15, 0.2) is 0 Å². The van der Waals surface area contributed by atoms with E-state index in [2.05, 4.69) is 14.8 Å². The van der Waals surface area contributed by atoms with Crippen LogP contribution in [-0.2, 0) is 9.47 Å². The largest absolute Gasteiger partial charge is 0.382 e. The van der Waals surface area contributed by atoms with Gasteiger partial charge in [0, 0.05) is 13.1 Å². The van der Waals surface area contributed by atoms with E-state index in [4.69, 9.17) is 9.47 Å². The smallest absolute Gasteiger partial charge is 0.139 e. The van der Waals surface area contributed by atoms with Crippen molar-refractivity contribution in [3.05, 3.63) is 0 Å². The van der Waals surface area contributed by atoms with Crippen molar-refractivity contribution in [2.45, 2.75) is 25.5 Å². The average Bonchev–Trinajstić information content (AvgIpc) is 2.13. The lowest BCUT2D eigenvalue weighted by Crippen LogP contribution is -2.20. The van der Waals surface area contributed by atoms with Crippen LogP contribution >= 0.6 is 0 Å². The van der Waals surface area contributed by atoms with Gasteiger partial charge >= 0.3 is 0 Å². The van der Waals surface area contributed by atoms with Crippen molar-refractivity contribution < 1.29 is 9.47 Å². The third-order valence-electron chi connectivity index (χ3n) is 2.08. The van der Waals surface area contributed by atoms with Crippen LogP contribution < -0.4 is 0 Å². The van der Waals surface area contributed by atoms with Gasteiger partial charge in [0.2, 0.25) is 0 Å². The summed E-state index contributed by atoms with van der Waals surface area (Å²) >= 11 is 0. The quantitative estimate of drug-likeness (QED) is 0.506. The molecule has 0 radical (unpaired) electrons. The van der Waals surface area contributed by atoms with E-state index in [0.717, 1.165) is 6.61 Å². The molecule has 2 nitrogen and oxygen atoms in total. The summed E-state index contributed by atoms with van der Waals surface area (Å²) in [4.78, 5) is 0. The highest BCUT2D eigenvalue weighted by molar-refractivity contribution is 6.11. The first-order valence-corrected chi connectivity index (χ1v) is 3.88. The van der Waals surface area contributed by atoms with Gasteiger partial charge in [-0.25, -0.2) is 0 Å². The fraction of sp³-hybridized carbons (Fsp3) is 1.00. The molecule has 0 aliphatic carbocycles. The normalized spacial score (nSPS) is 40.4. The summed E-state index contributed by atoms with van der Waals surface area (Å²) in [5.41, 5.74) is 0. The van der Waals surface area contributed by atoms with Crippen LogP contribution in [0, 0.1) is 5.92 Å². The molecule has 1 aliphatic heterocycles. The number of ether oxygens (including phenoxy) is 2. The van der Waals surface area contributed by atoms with Gasteiger partial charge in [-0.2, -0.15) is 0 Å². The molecule has 0 N–H and O–H groups in total. The summed E-state index contributed by atoms with van der Waals surface area (Å²) in [5, 5.41) is 0. The minimum Gasteiger partial charge on any atom is -0.382 e. The molecule has 3 heteroatoms. The van der Waals surface area contributed by atoms with Crippen LogP contribution in [0.2, 0.25) is 0 Å². The van der Waals surface area contributed by atoms with Crippen molar-refractivity contribution in [3.8, 4) is 0 Å². The summed E-state index contributed by atoms with van der Waals surface area (Å²) in [7, 11) is 3.84. The number of hydrogen-bond acceptors (Lipinski definition) is 2. The molecule has 1 unspecified atom stereocenters. The highest BCUT2D eigenvalue weighted by Crippen LogP contribution is 2.24. The summed E-state index contributed by atoms with van der Waals surface area (Å²) in [6, 6.07) is 0.426. The molecule has 58 valence electrons. The zero-order valence-electron chi connectivity index (χ0n) is 6.96. The molecule has 0 aromatic heterocycles. The average molecular weight is 142 g/mol. The molecule has 1 rings (SSSR count). The molecular weight excluding hydrogens is 127 g/mol. The van der Waals surface area contributed by atoms with Gasteiger partial charge in [-0.1, -0.05) is 6.92 Å². The minimum absolute atomic E-state index is 0.333. The minimum atomic E-state index is 0.333. The number of methoxy groups -OCH3 is 1. The zero-order chi connectivity index (χ0) is 7.56. The molecule has 1 aliphatic rings. The highest BCUT2D eigenvalue weighted by atomic mass is 16.5. The first-order chi connectivity index (χ1) is 4.74. The monoisotopic (exact) mass is 142 g/mol. The fourth-order valence-corrected chi connectivity index (χ4v) is 1.53. The van der Waals surface area contributed by atoms with Crippen molar-refractivity contribution >= 4 is 7.85 Å². The number of rotatable bonds is 2. The van der Waals surface area contributed by atoms with Gasteiger partial charge in [0.05, 0.1) is 12.7 Å².